The van der Waals surface area contributed by atoms with Gasteiger partial charge in [-0.25, -0.2) is 0 Å². The molecule has 1 fully saturated rings. The molecule has 2 rings (SSSR count). The summed E-state index contributed by atoms with van der Waals surface area (Å²) in [4.78, 5) is 4.29. The fraction of sp³-hybridized carbons (Fsp3) is 0.727. The highest BCUT2D eigenvalue weighted by Gasteiger charge is 2.20. The summed E-state index contributed by atoms with van der Waals surface area (Å²) in [6.07, 6.45) is 7.85. The number of oxazole rings is 1. The molecule has 0 saturated heterocycles. The number of nitrogen functional groups attached to an aromatic ring is 1. The zero-order valence-electron chi connectivity index (χ0n) is 8.75. The van der Waals surface area contributed by atoms with Crippen LogP contribution in [0.4, 0.5) is 6.01 Å². The molecule has 0 aliphatic heterocycles. The summed E-state index contributed by atoms with van der Waals surface area (Å²) in [7, 11) is 0. The second kappa shape index (κ2) is 4.03. The van der Waals surface area contributed by atoms with Gasteiger partial charge in [-0.05, 0) is 19.8 Å². The first-order chi connectivity index (χ1) is 6.77. The fourth-order valence-corrected chi connectivity index (χ4v) is 2.36. The summed E-state index contributed by atoms with van der Waals surface area (Å²) < 4.78 is 5.28. The third kappa shape index (κ3) is 1.91. The van der Waals surface area contributed by atoms with Crippen LogP contribution in [0, 0.1) is 6.92 Å². The van der Waals surface area contributed by atoms with Crippen molar-refractivity contribution in [2.75, 3.05) is 5.73 Å². The lowest BCUT2D eigenvalue weighted by Gasteiger charge is -2.10. The van der Waals surface area contributed by atoms with Crippen LogP contribution in [-0.2, 0) is 0 Å². The Balaban J connectivity index is 2.15. The van der Waals surface area contributed by atoms with E-state index in [2.05, 4.69) is 4.98 Å². The van der Waals surface area contributed by atoms with Crippen molar-refractivity contribution in [3.63, 3.8) is 0 Å². The molecule has 3 heteroatoms. The van der Waals surface area contributed by atoms with E-state index >= 15 is 0 Å². The van der Waals surface area contributed by atoms with Crippen LogP contribution in [-0.4, -0.2) is 4.98 Å². The van der Waals surface area contributed by atoms with Crippen LogP contribution in [0.25, 0.3) is 0 Å². The third-order valence-corrected chi connectivity index (χ3v) is 3.09. The van der Waals surface area contributed by atoms with Crippen molar-refractivity contribution in [3.05, 3.63) is 11.5 Å². The molecule has 0 amide bonds. The van der Waals surface area contributed by atoms with Gasteiger partial charge in [-0.1, -0.05) is 25.7 Å². The predicted octanol–water partition coefficient (Wildman–Crippen LogP) is 3.00. The zero-order valence-corrected chi connectivity index (χ0v) is 8.75. The van der Waals surface area contributed by atoms with Gasteiger partial charge in [0.15, 0.2) is 0 Å². The van der Waals surface area contributed by atoms with E-state index in [0.717, 1.165) is 11.5 Å². The Kier molecular flexibility index (Phi) is 2.75. The number of nitrogens with zero attached hydrogens (tertiary/aromatic N) is 1. The third-order valence-electron chi connectivity index (χ3n) is 3.09. The van der Waals surface area contributed by atoms with Crippen molar-refractivity contribution >= 4 is 6.01 Å². The standard InChI is InChI=1S/C11H18N2O/c1-8-10(13-11(12)14-8)9-6-4-2-3-5-7-9/h9H,2-7H2,1H3,(H2,12,13). The zero-order chi connectivity index (χ0) is 9.97. The van der Waals surface area contributed by atoms with Crippen molar-refractivity contribution in [1.29, 1.82) is 0 Å². The molecule has 0 bridgehead atoms. The molecule has 1 aromatic rings. The highest BCUT2D eigenvalue weighted by Crippen LogP contribution is 2.33. The molecule has 78 valence electrons. The van der Waals surface area contributed by atoms with Gasteiger partial charge in [-0.3, -0.25) is 0 Å². The van der Waals surface area contributed by atoms with Gasteiger partial charge in [0, 0.05) is 5.92 Å². The number of aromatic nitrogens is 1. The van der Waals surface area contributed by atoms with E-state index in [0.29, 0.717) is 11.9 Å². The average molecular weight is 194 g/mol. The largest absolute Gasteiger partial charge is 0.429 e. The molecule has 1 aromatic heterocycles. The molecule has 0 atom stereocenters. The molecule has 2 N–H and O–H groups in total. The van der Waals surface area contributed by atoms with E-state index in [1.807, 2.05) is 6.92 Å². The molecule has 1 aliphatic carbocycles. The quantitative estimate of drug-likeness (QED) is 0.699. The minimum Gasteiger partial charge on any atom is -0.429 e. The van der Waals surface area contributed by atoms with Gasteiger partial charge in [0.2, 0.25) is 0 Å². The summed E-state index contributed by atoms with van der Waals surface area (Å²) in [5, 5.41) is 0. The summed E-state index contributed by atoms with van der Waals surface area (Å²) in [5.74, 6) is 1.49. The van der Waals surface area contributed by atoms with Crippen molar-refractivity contribution < 1.29 is 4.42 Å². The van der Waals surface area contributed by atoms with E-state index in [1.165, 1.54) is 38.5 Å². The second-order valence-corrected chi connectivity index (χ2v) is 4.18. The summed E-state index contributed by atoms with van der Waals surface area (Å²) in [6, 6.07) is 0.321. The number of hydrogen-bond acceptors (Lipinski definition) is 3. The van der Waals surface area contributed by atoms with E-state index in [1.54, 1.807) is 0 Å². The van der Waals surface area contributed by atoms with E-state index in [-0.39, 0.29) is 0 Å². The van der Waals surface area contributed by atoms with Crippen molar-refractivity contribution in [2.24, 2.45) is 0 Å². The van der Waals surface area contributed by atoms with Crippen molar-refractivity contribution in [3.8, 4) is 0 Å². The van der Waals surface area contributed by atoms with Gasteiger partial charge in [0.05, 0.1) is 5.69 Å². The number of rotatable bonds is 1. The Bertz CT molecular complexity index is 298. The summed E-state index contributed by atoms with van der Waals surface area (Å²) >= 11 is 0. The van der Waals surface area contributed by atoms with Gasteiger partial charge < -0.3 is 10.2 Å². The molecule has 3 nitrogen and oxygen atoms in total. The Morgan fingerprint density at radius 1 is 1.21 bits per heavy atom. The molecule has 1 aliphatic rings. The first-order valence-corrected chi connectivity index (χ1v) is 5.50. The van der Waals surface area contributed by atoms with Crippen molar-refractivity contribution in [1.82, 2.24) is 4.98 Å². The Labute approximate surface area is 84.7 Å². The molecular formula is C11H18N2O. The molecule has 14 heavy (non-hydrogen) atoms. The van der Waals surface area contributed by atoms with E-state index in [4.69, 9.17) is 10.2 Å². The molecular weight excluding hydrogens is 176 g/mol. The molecule has 0 unspecified atom stereocenters. The van der Waals surface area contributed by atoms with Gasteiger partial charge in [0.25, 0.3) is 6.01 Å². The summed E-state index contributed by atoms with van der Waals surface area (Å²) in [6.45, 7) is 1.96. The molecule has 0 spiro atoms. The molecule has 0 aromatic carbocycles. The van der Waals surface area contributed by atoms with Gasteiger partial charge in [0.1, 0.15) is 5.76 Å². The predicted molar refractivity (Wildman–Crippen MR) is 56.1 cm³/mol. The lowest BCUT2D eigenvalue weighted by atomic mass is 9.96. The second-order valence-electron chi connectivity index (χ2n) is 4.18. The number of aryl methyl sites for hydroxylation is 1. The number of hydrogen-bond donors (Lipinski definition) is 1. The first kappa shape index (κ1) is 9.56. The highest BCUT2D eigenvalue weighted by atomic mass is 16.4. The van der Waals surface area contributed by atoms with Crippen LogP contribution < -0.4 is 5.73 Å². The average Bonchev–Trinajstić information content (AvgIpc) is 2.43. The number of anilines is 1. The van der Waals surface area contributed by atoms with Crippen LogP contribution >= 0.6 is 0 Å². The lowest BCUT2D eigenvalue weighted by molar-refractivity contribution is 0.526. The van der Waals surface area contributed by atoms with Crippen LogP contribution in [0.15, 0.2) is 4.42 Å². The molecule has 1 heterocycles. The van der Waals surface area contributed by atoms with E-state index < -0.39 is 0 Å². The normalized spacial score (nSPS) is 19.5. The monoisotopic (exact) mass is 194 g/mol. The summed E-state index contributed by atoms with van der Waals surface area (Å²) in [5.41, 5.74) is 6.65. The minimum atomic E-state index is 0.321. The highest BCUT2D eigenvalue weighted by molar-refractivity contribution is 5.22. The van der Waals surface area contributed by atoms with Gasteiger partial charge in [-0.15, -0.1) is 0 Å². The SMILES string of the molecule is Cc1oc(N)nc1C1CCCCCC1. The maximum Gasteiger partial charge on any atom is 0.292 e. The van der Waals surface area contributed by atoms with Gasteiger partial charge >= 0.3 is 0 Å². The van der Waals surface area contributed by atoms with Crippen LogP contribution in [0.3, 0.4) is 0 Å². The van der Waals surface area contributed by atoms with Crippen molar-refractivity contribution in [2.45, 2.75) is 51.4 Å². The van der Waals surface area contributed by atoms with Crippen LogP contribution in [0.1, 0.15) is 55.9 Å². The van der Waals surface area contributed by atoms with Gasteiger partial charge in [-0.2, -0.15) is 4.98 Å². The number of nitrogens with two attached hydrogens (primary N) is 1. The van der Waals surface area contributed by atoms with E-state index in [9.17, 15) is 0 Å². The minimum absolute atomic E-state index is 0.321. The smallest absolute Gasteiger partial charge is 0.292 e. The van der Waals surface area contributed by atoms with Crippen LogP contribution in [0.5, 0.6) is 0 Å². The maximum atomic E-state index is 5.55. The Hall–Kier alpha value is -0.990. The Morgan fingerprint density at radius 2 is 1.86 bits per heavy atom. The maximum absolute atomic E-state index is 5.55. The topological polar surface area (TPSA) is 52.0 Å². The first-order valence-electron chi connectivity index (χ1n) is 5.50. The fourth-order valence-electron chi connectivity index (χ4n) is 2.36. The Morgan fingerprint density at radius 3 is 2.36 bits per heavy atom. The molecule has 1 saturated carbocycles. The molecule has 0 radical (unpaired) electrons. The van der Waals surface area contributed by atoms with Crippen LogP contribution in [0.2, 0.25) is 0 Å². The lowest BCUT2D eigenvalue weighted by Crippen LogP contribution is -1.99.